The lowest BCUT2D eigenvalue weighted by atomic mass is 10.0. The number of hydrogen-bond donors (Lipinski definition) is 1. The summed E-state index contributed by atoms with van der Waals surface area (Å²) < 4.78 is 8.80. The van der Waals surface area contributed by atoms with Crippen LogP contribution in [0.4, 0.5) is 0 Å². The fraction of sp³-hybridized carbons (Fsp3) is 0.357. The number of aliphatic hydroxyl groups excluding tert-OH is 1. The molecule has 0 aliphatic heterocycles. The Hall–Kier alpha value is -0.850. The highest BCUT2D eigenvalue weighted by Gasteiger charge is 2.18. The van der Waals surface area contributed by atoms with Crippen molar-refractivity contribution >= 4 is 31.9 Å². The Morgan fingerprint density at radius 2 is 2.10 bits per heavy atom. The third-order valence-electron chi connectivity index (χ3n) is 3.21. The molecule has 2 rings (SSSR count). The van der Waals surface area contributed by atoms with Crippen molar-refractivity contribution in [3.63, 3.8) is 0 Å². The minimum atomic E-state index is -0.634. The first-order valence-electron chi connectivity index (χ1n) is 6.13. The largest absolute Gasteiger partial charge is 0.497 e. The summed E-state index contributed by atoms with van der Waals surface area (Å²) in [7, 11) is 3.49. The molecule has 0 aliphatic rings. The molecule has 1 N–H and O–H groups in total. The molecule has 1 aromatic carbocycles. The van der Waals surface area contributed by atoms with Crippen LogP contribution in [0, 0.1) is 6.92 Å². The van der Waals surface area contributed by atoms with Gasteiger partial charge in [-0.2, -0.15) is 5.10 Å². The molecular formula is C14H16Br2N2O2. The van der Waals surface area contributed by atoms with Crippen LogP contribution in [-0.4, -0.2) is 22.0 Å². The molecule has 6 heteroatoms. The van der Waals surface area contributed by atoms with Crippen LogP contribution in [-0.2, 0) is 13.5 Å². The van der Waals surface area contributed by atoms with E-state index in [1.54, 1.807) is 11.8 Å². The van der Waals surface area contributed by atoms with Gasteiger partial charge < -0.3 is 9.84 Å². The molecular weight excluding hydrogens is 388 g/mol. The molecule has 0 saturated heterocycles. The molecule has 108 valence electrons. The van der Waals surface area contributed by atoms with Crippen LogP contribution in [0.1, 0.15) is 23.1 Å². The Bertz CT molecular complexity index is 626. The number of nitrogens with zero attached hydrogens (tertiary/aromatic N) is 2. The van der Waals surface area contributed by atoms with E-state index in [1.807, 2.05) is 32.2 Å². The zero-order chi connectivity index (χ0) is 14.9. The van der Waals surface area contributed by atoms with Crippen molar-refractivity contribution in [3.05, 3.63) is 44.1 Å². The van der Waals surface area contributed by atoms with Gasteiger partial charge in [0.05, 0.1) is 29.1 Å². The number of aromatic nitrogens is 2. The van der Waals surface area contributed by atoms with Crippen LogP contribution in [0.25, 0.3) is 0 Å². The standard InChI is InChI=1S/C14H16Br2N2O2/c1-8-14(16)12(18(2)17-8)7-13(19)10-6-9(20-3)4-5-11(10)15/h4-6,13,19H,7H2,1-3H3. The molecule has 0 radical (unpaired) electrons. The molecule has 0 spiro atoms. The topological polar surface area (TPSA) is 47.3 Å². The lowest BCUT2D eigenvalue weighted by molar-refractivity contribution is 0.174. The van der Waals surface area contributed by atoms with E-state index in [0.717, 1.165) is 31.6 Å². The van der Waals surface area contributed by atoms with Crippen molar-refractivity contribution in [1.29, 1.82) is 0 Å². The van der Waals surface area contributed by atoms with Crippen LogP contribution >= 0.6 is 31.9 Å². The Labute approximate surface area is 135 Å². The van der Waals surface area contributed by atoms with Gasteiger partial charge in [-0.3, -0.25) is 4.68 Å². The Kier molecular flexibility index (Phi) is 4.88. The van der Waals surface area contributed by atoms with Crippen LogP contribution < -0.4 is 4.74 Å². The summed E-state index contributed by atoms with van der Waals surface area (Å²) in [5.41, 5.74) is 2.68. The minimum absolute atomic E-state index is 0.476. The molecule has 0 saturated carbocycles. The number of rotatable bonds is 4. The maximum Gasteiger partial charge on any atom is 0.119 e. The average Bonchev–Trinajstić information content (AvgIpc) is 2.66. The van der Waals surface area contributed by atoms with Crippen molar-refractivity contribution in [3.8, 4) is 5.75 Å². The Morgan fingerprint density at radius 3 is 2.65 bits per heavy atom. The molecule has 20 heavy (non-hydrogen) atoms. The van der Waals surface area contributed by atoms with E-state index in [1.165, 1.54) is 0 Å². The molecule has 0 fully saturated rings. The Balaban J connectivity index is 2.30. The van der Waals surface area contributed by atoms with Crippen LogP contribution in [0.15, 0.2) is 27.1 Å². The van der Waals surface area contributed by atoms with Gasteiger partial charge in [0.1, 0.15) is 5.75 Å². The maximum absolute atomic E-state index is 10.5. The summed E-state index contributed by atoms with van der Waals surface area (Å²) in [5, 5.41) is 14.8. The molecule has 0 bridgehead atoms. The number of aryl methyl sites for hydroxylation is 2. The number of halogens is 2. The van der Waals surface area contributed by atoms with Gasteiger partial charge in [0, 0.05) is 17.9 Å². The van der Waals surface area contributed by atoms with Crippen molar-refractivity contribution in [2.45, 2.75) is 19.4 Å². The first kappa shape index (κ1) is 15.5. The van der Waals surface area contributed by atoms with Gasteiger partial charge in [-0.05, 0) is 46.6 Å². The van der Waals surface area contributed by atoms with Crippen molar-refractivity contribution < 1.29 is 9.84 Å². The van der Waals surface area contributed by atoms with E-state index in [2.05, 4.69) is 37.0 Å². The van der Waals surface area contributed by atoms with Crippen molar-refractivity contribution in [2.24, 2.45) is 7.05 Å². The second-order valence-electron chi connectivity index (χ2n) is 4.58. The van der Waals surface area contributed by atoms with E-state index in [0.29, 0.717) is 6.42 Å². The van der Waals surface area contributed by atoms with E-state index >= 15 is 0 Å². The molecule has 2 aromatic rings. The maximum atomic E-state index is 10.5. The first-order chi connectivity index (χ1) is 9.43. The molecule has 0 amide bonds. The number of aliphatic hydroxyl groups is 1. The summed E-state index contributed by atoms with van der Waals surface area (Å²) in [6.07, 6.45) is -0.158. The molecule has 4 nitrogen and oxygen atoms in total. The van der Waals surface area contributed by atoms with Gasteiger partial charge in [-0.1, -0.05) is 15.9 Å². The summed E-state index contributed by atoms with van der Waals surface area (Å²) in [6, 6.07) is 5.57. The minimum Gasteiger partial charge on any atom is -0.497 e. The van der Waals surface area contributed by atoms with Gasteiger partial charge in [0.25, 0.3) is 0 Å². The van der Waals surface area contributed by atoms with Gasteiger partial charge in [-0.25, -0.2) is 0 Å². The number of hydrogen-bond acceptors (Lipinski definition) is 3. The number of ether oxygens (including phenoxy) is 1. The average molecular weight is 404 g/mol. The SMILES string of the molecule is COc1ccc(Br)c(C(O)Cc2c(Br)c(C)nn2C)c1. The van der Waals surface area contributed by atoms with Gasteiger partial charge in [-0.15, -0.1) is 0 Å². The molecule has 1 atom stereocenters. The highest BCUT2D eigenvalue weighted by Crippen LogP contribution is 2.31. The van der Waals surface area contributed by atoms with Gasteiger partial charge >= 0.3 is 0 Å². The Morgan fingerprint density at radius 1 is 1.40 bits per heavy atom. The van der Waals surface area contributed by atoms with E-state index in [9.17, 15) is 5.11 Å². The molecule has 0 aliphatic carbocycles. The van der Waals surface area contributed by atoms with E-state index in [-0.39, 0.29) is 0 Å². The lowest BCUT2D eigenvalue weighted by Gasteiger charge is -2.14. The normalized spacial score (nSPS) is 12.5. The van der Waals surface area contributed by atoms with Gasteiger partial charge in [0.15, 0.2) is 0 Å². The highest BCUT2D eigenvalue weighted by atomic mass is 79.9. The van der Waals surface area contributed by atoms with E-state index in [4.69, 9.17) is 4.74 Å². The highest BCUT2D eigenvalue weighted by molar-refractivity contribution is 9.10. The zero-order valence-corrected chi connectivity index (χ0v) is 14.7. The van der Waals surface area contributed by atoms with Gasteiger partial charge in [0.2, 0.25) is 0 Å². The third kappa shape index (κ3) is 3.07. The number of methoxy groups -OCH3 is 1. The van der Waals surface area contributed by atoms with Crippen LogP contribution in [0.2, 0.25) is 0 Å². The smallest absolute Gasteiger partial charge is 0.119 e. The first-order valence-corrected chi connectivity index (χ1v) is 7.72. The lowest BCUT2D eigenvalue weighted by Crippen LogP contribution is -2.07. The quantitative estimate of drug-likeness (QED) is 0.849. The van der Waals surface area contributed by atoms with Crippen molar-refractivity contribution in [1.82, 2.24) is 9.78 Å². The summed E-state index contributed by atoms with van der Waals surface area (Å²) in [6.45, 7) is 1.93. The molecule has 1 unspecified atom stereocenters. The molecule has 1 heterocycles. The summed E-state index contributed by atoms with van der Waals surface area (Å²) >= 11 is 6.98. The second kappa shape index (κ2) is 6.28. The monoisotopic (exact) mass is 402 g/mol. The van der Waals surface area contributed by atoms with Crippen LogP contribution in [0.3, 0.4) is 0 Å². The predicted octanol–water partition coefficient (Wildman–Crippen LogP) is 3.54. The third-order valence-corrected chi connectivity index (χ3v) is 4.96. The summed E-state index contributed by atoms with van der Waals surface area (Å²) in [5.74, 6) is 0.725. The molecule has 1 aromatic heterocycles. The fourth-order valence-electron chi connectivity index (χ4n) is 2.10. The second-order valence-corrected chi connectivity index (χ2v) is 6.22. The van der Waals surface area contributed by atoms with Crippen LogP contribution in [0.5, 0.6) is 5.75 Å². The van der Waals surface area contributed by atoms with Crippen molar-refractivity contribution in [2.75, 3.05) is 7.11 Å². The predicted molar refractivity (Wildman–Crippen MR) is 85.0 cm³/mol. The zero-order valence-electron chi connectivity index (χ0n) is 11.5. The summed E-state index contributed by atoms with van der Waals surface area (Å²) in [4.78, 5) is 0. The fourth-order valence-corrected chi connectivity index (χ4v) is 3.11. The number of benzene rings is 1. The van der Waals surface area contributed by atoms with E-state index < -0.39 is 6.10 Å².